The zero-order valence-corrected chi connectivity index (χ0v) is 11.6. The maximum absolute atomic E-state index is 4.84. The van der Waals surface area contributed by atoms with Crippen LogP contribution in [0.2, 0.25) is 0 Å². The van der Waals surface area contributed by atoms with Crippen molar-refractivity contribution in [2.24, 2.45) is 0 Å². The highest BCUT2D eigenvalue weighted by Crippen LogP contribution is 2.46. The summed E-state index contributed by atoms with van der Waals surface area (Å²) in [5.74, 6) is 0. The van der Waals surface area contributed by atoms with Gasteiger partial charge in [-0.2, -0.15) is 0 Å². The van der Waals surface area contributed by atoms with Crippen LogP contribution in [0.5, 0.6) is 0 Å². The van der Waals surface area contributed by atoms with E-state index in [-0.39, 0.29) is 0 Å². The highest BCUT2D eigenvalue weighted by molar-refractivity contribution is 5.86. The molecule has 1 radical (unpaired) electrons. The molecule has 1 aliphatic carbocycles. The van der Waals surface area contributed by atoms with E-state index in [1.54, 1.807) is 16.7 Å². The van der Waals surface area contributed by atoms with Crippen LogP contribution in [0.15, 0.2) is 17.8 Å². The fourth-order valence-corrected chi connectivity index (χ4v) is 3.41. The van der Waals surface area contributed by atoms with Crippen molar-refractivity contribution in [3.8, 4) is 0 Å². The van der Waals surface area contributed by atoms with Gasteiger partial charge in [-0.15, -0.1) is 0 Å². The molecule has 0 unspecified atom stereocenters. The van der Waals surface area contributed by atoms with Crippen LogP contribution in [0.4, 0.5) is 5.69 Å². The number of aryl methyl sites for hydroxylation is 1. The molecule has 0 amide bonds. The molecule has 0 saturated heterocycles. The Morgan fingerprint density at radius 3 is 2.67 bits per heavy atom. The maximum atomic E-state index is 4.84. The largest absolute Gasteiger partial charge is 0.253 e. The van der Waals surface area contributed by atoms with Crippen LogP contribution in [-0.2, 0) is 12.8 Å². The third kappa shape index (κ3) is 1.77. The normalized spacial score (nSPS) is 16.8. The lowest BCUT2D eigenvalue weighted by molar-refractivity contribution is 0.840. The fraction of sp³-hybridized carbons (Fsp3) is 0.529. The number of allylic oxidation sites excluding steroid dienone is 2. The predicted molar refractivity (Wildman–Crippen MR) is 77.0 cm³/mol. The van der Waals surface area contributed by atoms with Crippen LogP contribution in [-0.4, -0.2) is 0 Å². The summed E-state index contributed by atoms with van der Waals surface area (Å²) in [6.07, 6.45) is 8.64. The van der Waals surface area contributed by atoms with E-state index in [1.165, 1.54) is 61.9 Å². The van der Waals surface area contributed by atoms with Gasteiger partial charge in [-0.25, -0.2) is 0 Å². The van der Waals surface area contributed by atoms with Crippen molar-refractivity contribution < 1.29 is 0 Å². The van der Waals surface area contributed by atoms with E-state index in [9.17, 15) is 0 Å². The second kappa shape index (κ2) is 4.79. The van der Waals surface area contributed by atoms with Gasteiger partial charge in [-0.05, 0) is 54.9 Å². The predicted octanol–water partition coefficient (Wildman–Crippen LogP) is 4.74. The van der Waals surface area contributed by atoms with E-state index >= 15 is 0 Å². The summed E-state index contributed by atoms with van der Waals surface area (Å²) < 4.78 is 0. The van der Waals surface area contributed by atoms with Crippen molar-refractivity contribution in [2.75, 3.05) is 0 Å². The van der Waals surface area contributed by atoms with E-state index in [4.69, 9.17) is 5.32 Å². The van der Waals surface area contributed by atoms with Crippen LogP contribution in [0.3, 0.4) is 0 Å². The molecule has 0 N–H and O–H groups in total. The van der Waals surface area contributed by atoms with Gasteiger partial charge < -0.3 is 0 Å². The molecule has 0 spiro atoms. The molecule has 1 aromatic carbocycles. The summed E-state index contributed by atoms with van der Waals surface area (Å²) >= 11 is 0. The van der Waals surface area contributed by atoms with Crippen molar-refractivity contribution in [1.29, 1.82) is 0 Å². The van der Waals surface area contributed by atoms with Crippen LogP contribution in [0.25, 0.3) is 5.57 Å². The first-order chi connectivity index (χ1) is 8.85. The number of rotatable bonds is 4. The Morgan fingerprint density at radius 1 is 1.06 bits per heavy atom. The third-order valence-electron chi connectivity index (χ3n) is 4.15. The fourth-order valence-electron chi connectivity index (χ4n) is 3.41. The molecular weight excluding hydrogens is 218 g/mol. The minimum absolute atomic E-state index is 1.19. The standard InChI is InChI=1S/C17H22N/c1-3-6-12-10-11-16-17(13(12)7-4-2)14-8-5-9-15(14)18-16/h10-11H,3-9H2,1-2H3. The maximum Gasteiger partial charge on any atom is 0.0711 e. The summed E-state index contributed by atoms with van der Waals surface area (Å²) in [4.78, 5) is 0. The first-order valence-corrected chi connectivity index (χ1v) is 7.44. The molecule has 0 saturated carbocycles. The van der Waals surface area contributed by atoms with Crippen LogP contribution in [0.1, 0.15) is 62.6 Å². The first-order valence-electron chi connectivity index (χ1n) is 7.44. The van der Waals surface area contributed by atoms with Gasteiger partial charge >= 0.3 is 0 Å². The smallest absolute Gasteiger partial charge is 0.0711 e. The van der Waals surface area contributed by atoms with E-state index in [1.807, 2.05) is 0 Å². The van der Waals surface area contributed by atoms with Gasteiger partial charge in [0.05, 0.1) is 5.69 Å². The molecule has 0 fully saturated rings. The Balaban J connectivity index is 2.10. The Labute approximate surface area is 110 Å². The van der Waals surface area contributed by atoms with E-state index in [0.717, 1.165) is 0 Å². The number of benzene rings is 1. The Hall–Kier alpha value is -1.24. The van der Waals surface area contributed by atoms with E-state index < -0.39 is 0 Å². The summed E-state index contributed by atoms with van der Waals surface area (Å²) in [7, 11) is 0. The van der Waals surface area contributed by atoms with Crippen LogP contribution >= 0.6 is 0 Å². The second-order valence-electron chi connectivity index (χ2n) is 5.49. The second-order valence-corrected chi connectivity index (χ2v) is 5.49. The minimum Gasteiger partial charge on any atom is -0.253 e. The minimum atomic E-state index is 1.19. The molecule has 3 rings (SSSR count). The number of nitrogens with zero attached hydrogens (tertiary/aromatic N) is 1. The van der Waals surface area contributed by atoms with Crippen molar-refractivity contribution in [1.82, 2.24) is 5.32 Å². The SMILES string of the molecule is CCCc1ccc2c(c1CCC)C1=C(CCC1)[N]2. The topological polar surface area (TPSA) is 14.1 Å². The summed E-state index contributed by atoms with van der Waals surface area (Å²) in [6, 6.07) is 4.57. The summed E-state index contributed by atoms with van der Waals surface area (Å²) in [5, 5.41) is 4.84. The molecule has 0 aromatic heterocycles. The van der Waals surface area contributed by atoms with E-state index in [0.29, 0.717) is 0 Å². The molecule has 0 atom stereocenters. The highest BCUT2D eigenvalue weighted by Gasteiger charge is 2.29. The van der Waals surface area contributed by atoms with Crippen LogP contribution < -0.4 is 5.32 Å². The monoisotopic (exact) mass is 240 g/mol. The average Bonchev–Trinajstić information content (AvgIpc) is 2.92. The average molecular weight is 240 g/mol. The number of fused-ring (bicyclic) bond motifs is 2. The van der Waals surface area contributed by atoms with Gasteiger partial charge in [0, 0.05) is 11.3 Å². The van der Waals surface area contributed by atoms with Crippen LogP contribution in [0, 0.1) is 0 Å². The Morgan fingerprint density at radius 2 is 1.89 bits per heavy atom. The lowest BCUT2D eigenvalue weighted by Gasteiger charge is -2.15. The zero-order chi connectivity index (χ0) is 12.5. The highest BCUT2D eigenvalue weighted by atomic mass is 14.9. The molecule has 1 heteroatoms. The summed E-state index contributed by atoms with van der Waals surface area (Å²) in [6.45, 7) is 4.55. The van der Waals surface area contributed by atoms with Crippen molar-refractivity contribution in [3.63, 3.8) is 0 Å². The molecule has 1 heterocycles. The Bertz CT molecular complexity index is 497. The van der Waals surface area contributed by atoms with Crippen molar-refractivity contribution >= 4 is 11.3 Å². The van der Waals surface area contributed by atoms with Gasteiger partial charge in [-0.3, -0.25) is 5.32 Å². The third-order valence-corrected chi connectivity index (χ3v) is 4.15. The van der Waals surface area contributed by atoms with Crippen molar-refractivity contribution in [2.45, 2.75) is 58.8 Å². The molecule has 1 aliphatic heterocycles. The van der Waals surface area contributed by atoms with Gasteiger partial charge in [0.25, 0.3) is 0 Å². The van der Waals surface area contributed by atoms with E-state index in [2.05, 4.69) is 26.0 Å². The molecule has 18 heavy (non-hydrogen) atoms. The molecule has 1 aromatic rings. The van der Waals surface area contributed by atoms with Gasteiger partial charge in [0.2, 0.25) is 0 Å². The first kappa shape index (κ1) is 11.8. The Kier molecular flexibility index (Phi) is 3.15. The summed E-state index contributed by atoms with van der Waals surface area (Å²) in [5.41, 5.74) is 8.90. The lowest BCUT2D eigenvalue weighted by atomic mass is 9.90. The molecule has 1 nitrogen and oxygen atoms in total. The molecule has 2 aliphatic rings. The molecule has 95 valence electrons. The quantitative estimate of drug-likeness (QED) is 0.722. The van der Waals surface area contributed by atoms with Gasteiger partial charge in [0.1, 0.15) is 0 Å². The molecule has 0 bridgehead atoms. The number of hydrogen-bond acceptors (Lipinski definition) is 0. The van der Waals surface area contributed by atoms with Gasteiger partial charge in [0.15, 0.2) is 0 Å². The molecular formula is C17H22N. The van der Waals surface area contributed by atoms with Gasteiger partial charge in [-0.1, -0.05) is 32.8 Å². The number of hydrogen-bond donors (Lipinski definition) is 0. The lowest BCUT2D eigenvalue weighted by Crippen LogP contribution is -2.00. The van der Waals surface area contributed by atoms with Crippen molar-refractivity contribution in [3.05, 3.63) is 34.5 Å². The zero-order valence-electron chi connectivity index (χ0n) is 11.6.